The molecule has 0 spiro atoms. The number of carbonyl (C=O) groups excluding carboxylic acids is 1. The van der Waals surface area contributed by atoms with Crippen LogP contribution in [-0.2, 0) is 9.53 Å². The van der Waals surface area contributed by atoms with Gasteiger partial charge < -0.3 is 9.47 Å². The average Bonchev–Trinajstić information content (AvgIpc) is 2.27. The van der Waals surface area contributed by atoms with Crippen molar-refractivity contribution >= 4 is 5.78 Å². The topological polar surface area (TPSA) is 59.3 Å². The zero-order chi connectivity index (χ0) is 11.1. The third-order valence-electron chi connectivity index (χ3n) is 1.69. The number of hydrogen-bond donors (Lipinski definition) is 0. The van der Waals surface area contributed by atoms with Gasteiger partial charge in [0.1, 0.15) is 19.0 Å². The van der Waals surface area contributed by atoms with Gasteiger partial charge in [0.2, 0.25) is 0 Å². The number of rotatable bonds is 5. The van der Waals surface area contributed by atoms with E-state index in [1.165, 1.54) is 7.11 Å². The van der Waals surface area contributed by atoms with E-state index in [0.717, 1.165) is 0 Å². The summed E-state index contributed by atoms with van der Waals surface area (Å²) in [6.07, 6.45) is 0. The van der Waals surface area contributed by atoms with Crippen molar-refractivity contribution in [2.75, 3.05) is 20.3 Å². The zero-order valence-corrected chi connectivity index (χ0v) is 8.40. The maximum atomic E-state index is 11.0. The first-order valence-corrected chi connectivity index (χ1v) is 4.40. The Hall–Kier alpha value is -1.86. The van der Waals surface area contributed by atoms with Gasteiger partial charge in [-0.1, -0.05) is 0 Å². The van der Waals surface area contributed by atoms with E-state index in [9.17, 15) is 4.79 Å². The summed E-state index contributed by atoms with van der Waals surface area (Å²) in [6.45, 7) is 0.0377. The highest BCUT2D eigenvalue weighted by Gasteiger charge is 2.02. The fourth-order valence-electron chi connectivity index (χ4n) is 0.992. The summed E-state index contributed by atoms with van der Waals surface area (Å²) in [6, 6.07) is 8.57. The maximum absolute atomic E-state index is 11.0. The van der Waals surface area contributed by atoms with Crippen molar-refractivity contribution in [2.24, 2.45) is 0 Å². The highest BCUT2D eigenvalue weighted by Crippen LogP contribution is 2.11. The number of ether oxygens (including phenoxy) is 2. The van der Waals surface area contributed by atoms with Gasteiger partial charge in [-0.25, -0.2) is 0 Å². The molecular weight excluding hydrogens is 194 g/mol. The summed E-state index contributed by atoms with van der Waals surface area (Å²) in [5.41, 5.74) is 0.561. The Labute approximate surface area is 88.0 Å². The van der Waals surface area contributed by atoms with Gasteiger partial charge in [0.25, 0.3) is 0 Å². The van der Waals surface area contributed by atoms with Crippen LogP contribution in [0.5, 0.6) is 5.75 Å². The Kier molecular flexibility index (Phi) is 4.32. The molecule has 4 nitrogen and oxygen atoms in total. The Bertz CT molecular complexity index is 364. The summed E-state index contributed by atoms with van der Waals surface area (Å²) in [5.74, 6) is 0.445. The lowest BCUT2D eigenvalue weighted by molar-refractivity contribution is -0.124. The molecule has 0 aromatic heterocycles. The predicted molar refractivity (Wildman–Crippen MR) is 53.5 cm³/mol. The van der Waals surface area contributed by atoms with Crippen LogP contribution in [0.15, 0.2) is 24.3 Å². The van der Waals surface area contributed by atoms with Crippen LogP contribution in [0.25, 0.3) is 0 Å². The highest BCUT2D eigenvalue weighted by molar-refractivity contribution is 5.81. The smallest absolute Gasteiger partial charge is 0.195 e. The van der Waals surface area contributed by atoms with E-state index >= 15 is 0 Å². The molecule has 0 heterocycles. The van der Waals surface area contributed by atoms with Gasteiger partial charge in [-0.2, -0.15) is 5.26 Å². The van der Waals surface area contributed by atoms with Crippen LogP contribution in [0.1, 0.15) is 5.56 Å². The van der Waals surface area contributed by atoms with Crippen LogP contribution >= 0.6 is 0 Å². The lowest BCUT2D eigenvalue weighted by Gasteiger charge is -2.04. The highest BCUT2D eigenvalue weighted by atomic mass is 16.5. The minimum atomic E-state index is -0.123. The van der Waals surface area contributed by atoms with Crippen molar-refractivity contribution in [1.82, 2.24) is 0 Å². The van der Waals surface area contributed by atoms with Crippen molar-refractivity contribution in [3.05, 3.63) is 29.8 Å². The molecule has 0 fully saturated rings. The van der Waals surface area contributed by atoms with E-state index in [1.807, 2.05) is 6.07 Å². The van der Waals surface area contributed by atoms with E-state index in [0.29, 0.717) is 11.3 Å². The van der Waals surface area contributed by atoms with Crippen molar-refractivity contribution in [3.63, 3.8) is 0 Å². The number of nitrogens with zero attached hydrogens (tertiary/aromatic N) is 1. The molecule has 1 aromatic rings. The van der Waals surface area contributed by atoms with Crippen molar-refractivity contribution < 1.29 is 14.3 Å². The summed E-state index contributed by atoms with van der Waals surface area (Å²) in [5, 5.41) is 8.56. The van der Waals surface area contributed by atoms with Gasteiger partial charge in [-0.05, 0) is 24.3 Å². The summed E-state index contributed by atoms with van der Waals surface area (Å²) in [4.78, 5) is 11.0. The Balaban J connectivity index is 2.45. The minimum Gasteiger partial charge on any atom is -0.486 e. The molecule has 0 amide bonds. The summed E-state index contributed by atoms with van der Waals surface area (Å²) in [7, 11) is 1.46. The standard InChI is InChI=1S/C11H11NO3/c1-14-7-10(13)8-15-11-4-2-9(6-12)3-5-11/h2-5H,7-8H2,1H3. The van der Waals surface area contributed by atoms with Crippen LogP contribution in [-0.4, -0.2) is 26.1 Å². The maximum Gasteiger partial charge on any atom is 0.195 e. The Morgan fingerprint density at radius 2 is 2.00 bits per heavy atom. The van der Waals surface area contributed by atoms with Crippen molar-refractivity contribution in [3.8, 4) is 11.8 Å². The van der Waals surface area contributed by atoms with Gasteiger partial charge in [0, 0.05) is 7.11 Å². The fourth-order valence-corrected chi connectivity index (χ4v) is 0.992. The second-order valence-corrected chi connectivity index (χ2v) is 2.90. The molecule has 0 unspecified atom stereocenters. The van der Waals surface area contributed by atoms with Gasteiger partial charge in [-0.3, -0.25) is 4.79 Å². The predicted octanol–water partition coefficient (Wildman–Crippen LogP) is 1.15. The number of ketones is 1. The molecule has 4 heteroatoms. The molecule has 78 valence electrons. The number of methoxy groups -OCH3 is 1. The van der Waals surface area contributed by atoms with E-state index in [4.69, 9.17) is 10.00 Å². The third-order valence-corrected chi connectivity index (χ3v) is 1.69. The molecule has 0 aliphatic carbocycles. The normalized spacial score (nSPS) is 9.33. The number of carbonyl (C=O) groups is 1. The van der Waals surface area contributed by atoms with Crippen molar-refractivity contribution in [2.45, 2.75) is 0 Å². The molecule has 1 aromatic carbocycles. The first-order chi connectivity index (χ1) is 7.26. The zero-order valence-electron chi connectivity index (χ0n) is 8.40. The summed E-state index contributed by atoms with van der Waals surface area (Å²) < 4.78 is 9.84. The second-order valence-electron chi connectivity index (χ2n) is 2.90. The van der Waals surface area contributed by atoms with E-state index in [1.54, 1.807) is 24.3 Å². The van der Waals surface area contributed by atoms with Crippen LogP contribution in [0.3, 0.4) is 0 Å². The van der Waals surface area contributed by atoms with Crippen molar-refractivity contribution in [1.29, 1.82) is 5.26 Å². The quantitative estimate of drug-likeness (QED) is 0.723. The van der Waals surface area contributed by atoms with Crippen LogP contribution < -0.4 is 4.74 Å². The molecule has 0 bridgehead atoms. The van der Waals surface area contributed by atoms with Crippen LogP contribution in [0.4, 0.5) is 0 Å². The van der Waals surface area contributed by atoms with E-state index < -0.39 is 0 Å². The molecule has 0 aliphatic heterocycles. The molecular formula is C11H11NO3. The molecule has 0 atom stereocenters. The molecule has 0 saturated heterocycles. The monoisotopic (exact) mass is 205 g/mol. The number of benzene rings is 1. The molecule has 1 rings (SSSR count). The minimum absolute atomic E-state index is 0.0141. The van der Waals surface area contributed by atoms with Gasteiger partial charge >= 0.3 is 0 Å². The molecule has 0 aliphatic rings. The second kappa shape index (κ2) is 5.78. The largest absolute Gasteiger partial charge is 0.486 e. The number of hydrogen-bond acceptors (Lipinski definition) is 4. The average molecular weight is 205 g/mol. The fraction of sp³-hybridized carbons (Fsp3) is 0.273. The van der Waals surface area contributed by atoms with Crippen LogP contribution in [0, 0.1) is 11.3 Å². The Morgan fingerprint density at radius 3 is 2.53 bits per heavy atom. The van der Waals surface area contributed by atoms with Gasteiger partial charge in [0.15, 0.2) is 5.78 Å². The summed E-state index contributed by atoms with van der Waals surface area (Å²) >= 11 is 0. The molecule has 15 heavy (non-hydrogen) atoms. The number of nitriles is 1. The van der Waals surface area contributed by atoms with E-state index in [2.05, 4.69) is 4.74 Å². The molecule has 0 N–H and O–H groups in total. The lowest BCUT2D eigenvalue weighted by atomic mass is 10.2. The lowest BCUT2D eigenvalue weighted by Crippen LogP contribution is -2.16. The molecule has 0 saturated carbocycles. The van der Waals surface area contributed by atoms with Gasteiger partial charge in [-0.15, -0.1) is 0 Å². The SMILES string of the molecule is COCC(=O)COc1ccc(C#N)cc1. The molecule has 0 radical (unpaired) electrons. The Morgan fingerprint density at radius 1 is 1.33 bits per heavy atom. The van der Waals surface area contributed by atoms with E-state index in [-0.39, 0.29) is 19.0 Å². The first kappa shape index (κ1) is 11.2. The first-order valence-electron chi connectivity index (χ1n) is 4.40. The van der Waals surface area contributed by atoms with Gasteiger partial charge in [0.05, 0.1) is 11.6 Å². The number of Topliss-reactive ketones (excluding diaryl/α,β-unsaturated/α-hetero) is 1. The van der Waals surface area contributed by atoms with Crippen LogP contribution in [0.2, 0.25) is 0 Å². The third kappa shape index (κ3) is 3.79.